The predicted octanol–water partition coefficient (Wildman–Crippen LogP) is 4.53. The average Bonchev–Trinajstić information content (AvgIpc) is 2.83. The Morgan fingerprint density at radius 2 is 1.84 bits per heavy atom. The number of halogens is 1. The zero-order valence-electron chi connectivity index (χ0n) is 17.5. The van der Waals surface area contributed by atoms with Gasteiger partial charge in [0.1, 0.15) is 5.65 Å². The Kier molecular flexibility index (Phi) is 5.48. The SMILES string of the molecule is N#Cc1cccc(CN2CCc3c(c(=O)n(Cc4ccc(Cl)cc4)c4ncccc34)C2)c1. The third-order valence-electron chi connectivity index (χ3n) is 6.01. The minimum Gasteiger partial charge on any atom is -0.294 e. The van der Waals surface area contributed by atoms with Crippen LogP contribution in [0.3, 0.4) is 0 Å². The molecule has 32 heavy (non-hydrogen) atoms. The molecule has 1 aliphatic rings. The zero-order chi connectivity index (χ0) is 22.1. The van der Waals surface area contributed by atoms with Crippen molar-refractivity contribution in [2.24, 2.45) is 0 Å². The van der Waals surface area contributed by atoms with Crippen molar-refractivity contribution in [1.82, 2.24) is 14.5 Å². The molecule has 0 N–H and O–H groups in total. The maximum atomic E-state index is 13.6. The van der Waals surface area contributed by atoms with Gasteiger partial charge in [-0.2, -0.15) is 5.26 Å². The Balaban J connectivity index is 1.53. The summed E-state index contributed by atoms with van der Waals surface area (Å²) in [5, 5.41) is 10.9. The number of fused-ring (bicyclic) bond motifs is 3. The smallest absolute Gasteiger partial charge is 0.257 e. The number of nitriles is 1. The topological polar surface area (TPSA) is 61.9 Å². The molecule has 0 saturated heterocycles. The first-order valence-corrected chi connectivity index (χ1v) is 11.0. The molecule has 0 radical (unpaired) electrons. The van der Waals surface area contributed by atoms with E-state index in [0.29, 0.717) is 30.2 Å². The molecule has 5 nitrogen and oxygen atoms in total. The Hall–Kier alpha value is -3.46. The second kappa shape index (κ2) is 8.58. The van der Waals surface area contributed by atoms with Crippen molar-refractivity contribution in [3.8, 4) is 6.07 Å². The van der Waals surface area contributed by atoms with Gasteiger partial charge >= 0.3 is 0 Å². The number of pyridine rings is 2. The van der Waals surface area contributed by atoms with Crippen LogP contribution in [0, 0.1) is 11.3 Å². The van der Waals surface area contributed by atoms with Gasteiger partial charge in [0.05, 0.1) is 18.2 Å². The lowest BCUT2D eigenvalue weighted by Crippen LogP contribution is -2.37. The lowest BCUT2D eigenvalue weighted by molar-refractivity contribution is 0.244. The molecular weight excluding hydrogens is 420 g/mol. The highest BCUT2D eigenvalue weighted by Crippen LogP contribution is 2.26. The molecule has 0 bridgehead atoms. The number of aromatic nitrogens is 2. The lowest BCUT2D eigenvalue weighted by Gasteiger charge is -2.30. The highest BCUT2D eigenvalue weighted by molar-refractivity contribution is 6.30. The minimum absolute atomic E-state index is 0.0108. The monoisotopic (exact) mass is 440 g/mol. The molecule has 0 spiro atoms. The van der Waals surface area contributed by atoms with Crippen molar-refractivity contribution < 1.29 is 0 Å². The number of rotatable bonds is 4. The van der Waals surface area contributed by atoms with E-state index >= 15 is 0 Å². The standard InChI is InChI=1S/C26H21ClN4O/c27-21-8-6-18(7-9-21)16-31-25-23(5-2-11-29-25)22-10-12-30(17-24(22)26(31)32)15-20-4-1-3-19(13-20)14-28/h1-9,11,13H,10,12,15-17H2. The fourth-order valence-corrected chi connectivity index (χ4v) is 4.60. The van der Waals surface area contributed by atoms with Crippen molar-refractivity contribution in [2.75, 3.05) is 6.54 Å². The molecule has 3 heterocycles. The summed E-state index contributed by atoms with van der Waals surface area (Å²) < 4.78 is 1.78. The van der Waals surface area contributed by atoms with E-state index in [1.165, 1.54) is 0 Å². The van der Waals surface area contributed by atoms with Crippen LogP contribution in [0.25, 0.3) is 11.0 Å². The van der Waals surface area contributed by atoms with Crippen LogP contribution in [-0.4, -0.2) is 21.0 Å². The molecule has 0 unspecified atom stereocenters. The Morgan fingerprint density at radius 3 is 2.66 bits per heavy atom. The third-order valence-corrected chi connectivity index (χ3v) is 6.26. The largest absolute Gasteiger partial charge is 0.294 e. The van der Waals surface area contributed by atoms with Crippen molar-refractivity contribution >= 4 is 22.6 Å². The summed E-state index contributed by atoms with van der Waals surface area (Å²) in [6, 6.07) is 21.4. The van der Waals surface area contributed by atoms with Gasteiger partial charge in [0.25, 0.3) is 5.56 Å². The summed E-state index contributed by atoms with van der Waals surface area (Å²) in [7, 11) is 0. The van der Waals surface area contributed by atoms with E-state index in [4.69, 9.17) is 11.6 Å². The molecule has 0 aliphatic carbocycles. The van der Waals surface area contributed by atoms with Crippen LogP contribution in [-0.2, 0) is 26.1 Å². The van der Waals surface area contributed by atoms with Crippen molar-refractivity contribution in [2.45, 2.75) is 26.1 Å². The highest BCUT2D eigenvalue weighted by Gasteiger charge is 2.24. The minimum atomic E-state index is 0.0108. The first-order valence-electron chi connectivity index (χ1n) is 10.6. The summed E-state index contributed by atoms with van der Waals surface area (Å²) >= 11 is 6.03. The number of benzene rings is 2. The van der Waals surface area contributed by atoms with Crippen LogP contribution in [0.15, 0.2) is 71.7 Å². The Morgan fingerprint density at radius 1 is 1.00 bits per heavy atom. The fraction of sp³-hybridized carbons (Fsp3) is 0.192. The molecule has 0 fully saturated rings. The van der Waals surface area contributed by atoms with E-state index in [0.717, 1.165) is 46.3 Å². The second-order valence-electron chi connectivity index (χ2n) is 8.12. The van der Waals surface area contributed by atoms with Crippen molar-refractivity contribution in [1.29, 1.82) is 5.26 Å². The van der Waals surface area contributed by atoms with E-state index in [2.05, 4.69) is 22.0 Å². The van der Waals surface area contributed by atoms with Crippen molar-refractivity contribution in [3.63, 3.8) is 0 Å². The molecule has 0 amide bonds. The highest BCUT2D eigenvalue weighted by atomic mass is 35.5. The van der Waals surface area contributed by atoms with Gasteiger partial charge in [-0.25, -0.2) is 4.98 Å². The van der Waals surface area contributed by atoms with Gasteiger partial charge < -0.3 is 0 Å². The first-order chi connectivity index (χ1) is 15.6. The molecule has 2 aromatic carbocycles. The molecule has 0 atom stereocenters. The van der Waals surface area contributed by atoms with Crippen LogP contribution in [0.2, 0.25) is 5.02 Å². The molecule has 6 heteroatoms. The fourth-order valence-electron chi connectivity index (χ4n) is 4.47. The Bertz CT molecular complexity index is 1400. The van der Waals surface area contributed by atoms with Gasteiger partial charge in [0, 0.05) is 41.8 Å². The quantitative estimate of drug-likeness (QED) is 0.467. The number of nitrogens with zero attached hydrogens (tertiary/aromatic N) is 4. The van der Waals surface area contributed by atoms with Gasteiger partial charge in [-0.15, -0.1) is 0 Å². The molecule has 1 aliphatic heterocycles. The van der Waals surface area contributed by atoms with Gasteiger partial charge in [0.15, 0.2) is 0 Å². The van der Waals surface area contributed by atoms with Crippen LogP contribution in [0.1, 0.15) is 27.8 Å². The first kappa shape index (κ1) is 20.4. The molecule has 5 rings (SSSR count). The van der Waals surface area contributed by atoms with Crippen LogP contribution >= 0.6 is 11.6 Å². The second-order valence-corrected chi connectivity index (χ2v) is 8.56. The lowest BCUT2D eigenvalue weighted by atomic mass is 9.97. The molecular formula is C26H21ClN4O. The van der Waals surface area contributed by atoms with E-state index in [-0.39, 0.29) is 5.56 Å². The maximum Gasteiger partial charge on any atom is 0.257 e. The van der Waals surface area contributed by atoms with E-state index < -0.39 is 0 Å². The summed E-state index contributed by atoms with van der Waals surface area (Å²) in [5.74, 6) is 0. The molecule has 158 valence electrons. The van der Waals surface area contributed by atoms with E-state index in [1.807, 2.05) is 54.6 Å². The maximum absolute atomic E-state index is 13.6. The van der Waals surface area contributed by atoms with E-state index in [9.17, 15) is 10.1 Å². The summed E-state index contributed by atoms with van der Waals surface area (Å²) in [6.07, 6.45) is 2.54. The normalized spacial score (nSPS) is 13.6. The van der Waals surface area contributed by atoms with Gasteiger partial charge in [-0.3, -0.25) is 14.3 Å². The summed E-state index contributed by atoms with van der Waals surface area (Å²) in [5.41, 5.74) is 5.41. The van der Waals surface area contributed by atoms with Gasteiger partial charge in [-0.1, -0.05) is 35.9 Å². The van der Waals surface area contributed by atoms with Gasteiger partial charge in [-0.05, 0) is 59.5 Å². The van der Waals surface area contributed by atoms with Crippen molar-refractivity contribution in [3.05, 3.63) is 110 Å². The van der Waals surface area contributed by atoms with Gasteiger partial charge in [0.2, 0.25) is 0 Å². The Labute approximate surface area is 191 Å². The number of hydrogen-bond acceptors (Lipinski definition) is 4. The van der Waals surface area contributed by atoms with Crippen LogP contribution in [0.5, 0.6) is 0 Å². The van der Waals surface area contributed by atoms with Crippen LogP contribution < -0.4 is 5.56 Å². The third kappa shape index (κ3) is 3.91. The molecule has 4 aromatic rings. The zero-order valence-corrected chi connectivity index (χ0v) is 18.2. The van der Waals surface area contributed by atoms with E-state index in [1.54, 1.807) is 10.8 Å². The summed E-state index contributed by atoms with van der Waals surface area (Å²) in [4.78, 5) is 20.5. The molecule has 0 saturated carbocycles. The average molecular weight is 441 g/mol. The number of hydrogen-bond donors (Lipinski definition) is 0. The predicted molar refractivity (Wildman–Crippen MR) is 126 cm³/mol. The summed E-state index contributed by atoms with van der Waals surface area (Å²) in [6.45, 7) is 2.59. The molecule has 2 aromatic heterocycles. The van der Waals surface area contributed by atoms with Crippen LogP contribution in [0.4, 0.5) is 0 Å².